The monoisotopic (exact) mass is 249 g/mol. The Bertz CT molecular complexity index is 413. The molecule has 0 aromatic heterocycles. The lowest BCUT2D eigenvalue weighted by atomic mass is 10.3. The highest BCUT2D eigenvalue weighted by Crippen LogP contribution is 2.13. The Balaban J connectivity index is 2.64. The maximum Gasteiger partial charge on any atom is 0.221 e. The van der Waals surface area contributed by atoms with Crippen LogP contribution in [-0.2, 0) is 4.79 Å². The first-order valence-corrected chi connectivity index (χ1v) is 5.81. The van der Waals surface area contributed by atoms with E-state index in [-0.39, 0.29) is 5.91 Å². The number of aliphatic imine (C=N–C) groups is 1. The number of guanidine groups is 1. The Hall–Kier alpha value is -2.08. The van der Waals surface area contributed by atoms with Gasteiger partial charge in [0.25, 0.3) is 0 Å². The van der Waals surface area contributed by atoms with Gasteiger partial charge in [-0.15, -0.1) is 0 Å². The topological polar surface area (TPSA) is 91.5 Å². The number of hydrazine groups is 1. The second-order valence-corrected chi connectivity index (χ2v) is 3.76. The number of amides is 1. The molecule has 1 rings (SSSR count). The van der Waals surface area contributed by atoms with Crippen LogP contribution in [0.25, 0.3) is 0 Å². The lowest BCUT2D eigenvalue weighted by Crippen LogP contribution is -2.36. The summed E-state index contributed by atoms with van der Waals surface area (Å²) in [6.45, 7) is 4.22. The second kappa shape index (κ2) is 7.29. The van der Waals surface area contributed by atoms with Crippen molar-refractivity contribution in [2.45, 2.75) is 20.3 Å². The molecular weight excluding hydrogens is 230 g/mol. The molecule has 0 aliphatic heterocycles. The molecule has 0 spiro atoms. The van der Waals surface area contributed by atoms with Gasteiger partial charge in [0.2, 0.25) is 11.9 Å². The number of carbonyl (C=O) groups is 1. The molecule has 6 nitrogen and oxygen atoms in total. The minimum atomic E-state index is -0.0930. The minimum absolute atomic E-state index is 0.0930. The highest BCUT2D eigenvalue weighted by molar-refractivity contribution is 5.94. The van der Waals surface area contributed by atoms with Gasteiger partial charge in [-0.25, -0.2) is 5.84 Å². The average Bonchev–Trinajstić information content (AvgIpc) is 2.36. The molecule has 18 heavy (non-hydrogen) atoms. The number of anilines is 2. The van der Waals surface area contributed by atoms with E-state index >= 15 is 0 Å². The van der Waals surface area contributed by atoms with Crippen LogP contribution in [0.4, 0.5) is 11.4 Å². The number of rotatable bonds is 4. The predicted octanol–water partition coefficient (Wildman–Crippen LogP) is 1.29. The van der Waals surface area contributed by atoms with Crippen LogP contribution < -0.4 is 21.9 Å². The molecule has 0 fully saturated rings. The van der Waals surface area contributed by atoms with Crippen LogP contribution in [0.2, 0.25) is 0 Å². The molecule has 0 bridgehead atoms. The van der Waals surface area contributed by atoms with Crippen molar-refractivity contribution in [3.8, 4) is 0 Å². The fourth-order valence-electron chi connectivity index (χ4n) is 1.32. The summed E-state index contributed by atoms with van der Waals surface area (Å²) in [5, 5.41) is 5.74. The molecule has 5 N–H and O–H groups in total. The number of benzene rings is 1. The Morgan fingerprint density at radius 2 is 1.78 bits per heavy atom. The molecule has 1 amide bonds. The number of hydrogen-bond acceptors (Lipinski definition) is 3. The minimum Gasteiger partial charge on any atom is -0.326 e. The van der Waals surface area contributed by atoms with Crippen molar-refractivity contribution in [2.75, 3.05) is 17.2 Å². The second-order valence-electron chi connectivity index (χ2n) is 3.76. The third-order valence-corrected chi connectivity index (χ3v) is 2.10. The fourth-order valence-corrected chi connectivity index (χ4v) is 1.32. The average molecular weight is 249 g/mol. The summed E-state index contributed by atoms with van der Waals surface area (Å²) in [5.74, 6) is 5.78. The zero-order valence-electron chi connectivity index (χ0n) is 10.7. The number of nitrogens with two attached hydrogens (primary N) is 1. The maximum atomic E-state index is 10.9. The van der Waals surface area contributed by atoms with Crippen molar-refractivity contribution in [3.63, 3.8) is 0 Å². The van der Waals surface area contributed by atoms with E-state index in [2.05, 4.69) is 21.1 Å². The fraction of sp³-hybridized carbons (Fsp3) is 0.333. The summed E-state index contributed by atoms with van der Waals surface area (Å²) in [4.78, 5) is 15.1. The molecule has 0 unspecified atom stereocenters. The van der Waals surface area contributed by atoms with Gasteiger partial charge in [0.05, 0.1) is 0 Å². The molecule has 6 heteroatoms. The van der Waals surface area contributed by atoms with Crippen molar-refractivity contribution < 1.29 is 4.79 Å². The Morgan fingerprint density at radius 3 is 2.22 bits per heavy atom. The van der Waals surface area contributed by atoms with Gasteiger partial charge in [0.15, 0.2) is 0 Å². The van der Waals surface area contributed by atoms with Crippen molar-refractivity contribution in [1.29, 1.82) is 0 Å². The van der Waals surface area contributed by atoms with Gasteiger partial charge in [0, 0.05) is 24.8 Å². The highest BCUT2D eigenvalue weighted by Gasteiger charge is 1.99. The van der Waals surface area contributed by atoms with Crippen molar-refractivity contribution >= 4 is 23.2 Å². The van der Waals surface area contributed by atoms with Crippen LogP contribution in [0.1, 0.15) is 20.3 Å². The zero-order chi connectivity index (χ0) is 13.4. The van der Waals surface area contributed by atoms with E-state index in [0.717, 1.165) is 17.8 Å². The molecule has 1 aromatic carbocycles. The first-order valence-electron chi connectivity index (χ1n) is 5.81. The Labute approximate surface area is 107 Å². The SMILES string of the molecule is CCCN=C(NN)Nc1ccc(NC(C)=O)cc1. The van der Waals surface area contributed by atoms with Crippen molar-refractivity contribution in [3.05, 3.63) is 24.3 Å². The van der Waals surface area contributed by atoms with E-state index in [0.29, 0.717) is 12.5 Å². The van der Waals surface area contributed by atoms with E-state index in [1.807, 2.05) is 19.1 Å². The number of nitrogens with zero attached hydrogens (tertiary/aromatic N) is 1. The van der Waals surface area contributed by atoms with Crippen LogP contribution in [0.5, 0.6) is 0 Å². The van der Waals surface area contributed by atoms with Crippen LogP contribution in [0.3, 0.4) is 0 Å². The molecule has 0 aliphatic carbocycles. The summed E-state index contributed by atoms with van der Waals surface area (Å²) in [6.07, 6.45) is 0.953. The molecule has 0 radical (unpaired) electrons. The summed E-state index contributed by atoms with van der Waals surface area (Å²) in [5.41, 5.74) is 4.10. The van der Waals surface area contributed by atoms with Gasteiger partial charge in [0.1, 0.15) is 0 Å². The standard InChI is InChI=1S/C12H19N5O/c1-3-8-14-12(17-13)16-11-6-4-10(5-7-11)15-9(2)18/h4-7H,3,8,13H2,1-2H3,(H,15,18)(H2,14,16,17). The van der Waals surface area contributed by atoms with Crippen LogP contribution in [0.15, 0.2) is 29.3 Å². The molecule has 1 aromatic rings. The van der Waals surface area contributed by atoms with Gasteiger partial charge >= 0.3 is 0 Å². The summed E-state index contributed by atoms with van der Waals surface area (Å²) < 4.78 is 0. The lowest BCUT2D eigenvalue weighted by Gasteiger charge is -2.09. The normalized spacial score (nSPS) is 10.9. The lowest BCUT2D eigenvalue weighted by molar-refractivity contribution is -0.114. The molecule has 0 heterocycles. The molecule has 0 atom stereocenters. The molecule has 0 saturated heterocycles. The Morgan fingerprint density at radius 1 is 1.22 bits per heavy atom. The van der Waals surface area contributed by atoms with Gasteiger partial charge in [-0.05, 0) is 30.7 Å². The van der Waals surface area contributed by atoms with Gasteiger partial charge in [-0.3, -0.25) is 15.2 Å². The summed E-state index contributed by atoms with van der Waals surface area (Å²) >= 11 is 0. The largest absolute Gasteiger partial charge is 0.326 e. The quantitative estimate of drug-likeness (QED) is 0.280. The van der Waals surface area contributed by atoms with Crippen LogP contribution in [-0.4, -0.2) is 18.4 Å². The molecule has 0 aliphatic rings. The first-order chi connectivity index (χ1) is 8.65. The van der Waals surface area contributed by atoms with Gasteiger partial charge in [-0.2, -0.15) is 0 Å². The van der Waals surface area contributed by atoms with Crippen LogP contribution in [0, 0.1) is 0 Å². The zero-order valence-corrected chi connectivity index (χ0v) is 10.7. The van der Waals surface area contributed by atoms with E-state index in [9.17, 15) is 4.79 Å². The maximum absolute atomic E-state index is 10.9. The Kier molecular flexibility index (Phi) is 5.66. The molecule has 98 valence electrons. The summed E-state index contributed by atoms with van der Waals surface area (Å²) in [7, 11) is 0. The van der Waals surface area contributed by atoms with E-state index < -0.39 is 0 Å². The number of hydrogen-bond donors (Lipinski definition) is 4. The van der Waals surface area contributed by atoms with Crippen molar-refractivity contribution in [1.82, 2.24) is 5.43 Å². The van der Waals surface area contributed by atoms with E-state index in [1.54, 1.807) is 12.1 Å². The van der Waals surface area contributed by atoms with E-state index in [1.165, 1.54) is 6.92 Å². The van der Waals surface area contributed by atoms with Crippen LogP contribution >= 0.6 is 0 Å². The van der Waals surface area contributed by atoms with Gasteiger partial charge in [-0.1, -0.05) is 6.92 Å². The number of carbonyl (C=O) groups excluding carboxylic acids is 1. The molecular formula is C12H19N5O. The smallest absolute Gasteiger partial charge is 0.221 e. The third kappa shape index (κ3) is 4.84. The number of nitrogens with one attached hydrogen (secondary N) is 3. The molecule has 0 saturated carbocycles. The van der Waals surface area contributed by atoms with Crippen molar-refractivity contribution in [2.24, 2.45) is 10.8 Å². The predicted molar refractivity (Wildman–Crippen MR) is 74.3 cm³/mol. The highest BCUT2D eigenvalue weighted by atomic mass is 16.1. The van der Waals surface area contributed by atoms with E-state index in [4.69, 9.17) is 5.84 Å². The third-order valence-electron chi connectivity index (χ3n) is 2.10. The summed E-state index contributed by atoms with van der Waals surface area (Å²) in [6, 6.07) is 7.28. The van der Waals surface area contributed by atoms with Gasteiger partial charge < -0.3 is 10.6 Å². The first kappa shape index (κ1) is 14.0.